The van der Waals surface area contributed by atoms with E-state index in [0.29, 0.717) is 30.8 Å². The van der Waals surface area contributed by atoms with Crippen molar-refractivity contribution >= 4 is 37.4 Å². The third-order valence-electron chi connectivity index (χ3n) is 8.57. The predicted octanol–water partition coefficient (Wildman–Crippen LogP) is 2.61. The number of carbonyl (C=O) groups is 3. The molecule has 2 aromatic rings. The van der Waals surface area contributed by atoms with Crippen LogP contribution in [0.25, 0.3) is 0 Å². The number of hydrogen-bond donors (Lipinski definition) is 2. The Hall–Kier alpha value is -3.05. The number of nitrogens with zero attached hydrogens (tertiary/aromatic N) is 3. The van der Waals surface area contributed by atoms with E-state index in [2.05, 4.69) is 0 Å². The fourth-order valence-corrected chi connectivity index (χ4v) is 9.20. The molecule has 3 heterocycles. The molecule has 9 nitrogen and oxygen atoms in total. The maximum atomic E-state index is 13.9. The number of fused-ring (bicyclic) bond motifs is 2. The van der Waals surface area contributed by atoms with Crippen LogP contribution in [0.2, 0.25) is 18.6 Å². The van der Waals surface area contributed by atoms with Gasteiger partial charge in [-0.1, -0.05) is 37.3 Å². The monoisotopic (exact) mass is 551 g/mol. The first-order valence-corrected chi connectivity index (χ1v) is 16.6. The summed E-state index contributed by atoms with van der Waals surface area (Å²) in [6.07, 6.45) is -0.205. The van der Waals surface area contributed by atoms with Crippen molar-refractivity contribution in [2.75, 3.05) is 36.5 Å². The number of β-lactam (4-membered cyclic amide) rings is 1. The second-order valence-electron chi connectivity index (χ2n) is 11.4. The summed E-state index contributed by atoms with van der Waals surface area (Å²) in [4.78, 5) is 56.0. The molecular weight excluding hydrogens is 514 g/mol. The molecule has 208 valence electrons. The van der Waals surface area contributed by atoms with Crippen LogP contribution in [0.1, 0.15) is 30.9 Å². The molecule has 0 saturated carbocycles. The average molecular weight is 552 g/mol. The molecular formula is C29H37N3O6Si. The molecule has 10 heteroatoms. The minimum Gasteiger partial charge on any atom is -0.432 e. The number of ether oxygens (including phenoxy) is 1. The summed E-state index contributed by atoms with van der Waals surface area (Å²) in [6, 6.07) is 15.1. The van der Waals surface area contributed by atoms with Crippen LogP contribution in [0, 0.1) is 5.92 Å². The van der Waals surface area contributed by atoms with Gasteiger partial charge in [-0.3, -0.25) is 14.4 Å². The van der Waals surface area contributed by atoms with Crippen molar-refractivity contribution in [2.45, 2.75) is 56.7 Å². The average Bonchev–Trinajstić information content (AvgIpc) is 3.29. The third-order valence-corrected chi connectivity index (χ3v) is 11.1. The van der Waals surface area contributed by atoms with Gasteiger partial charge < -0.3 is 29.3 Å². The van der Waals surface area contributed by atoms with Crippen LogP contribution in [0.5, 0.6) is 0 Å². The lowest BCUT2D eigenvalue weighted by Crippen LogP contribution is -2.45. The Labute approximate surface area is 230 Å². The lowest BCUT2D eigenvalue weighted by Gasteiger charge is -2.33. The minimum absolute atomic E-state index is 0.0167. The van der Waals surface area contributed by atoms with Gasteiger partial charge in [0.2, 0.25) is 11.8 Å². The number of hydrogen-bond acceptors (Lipinski definition) is 6. The molecule has 1 spiro atoms. The number of aliphatic hydroxyl groups is 1. The van der Waals surface area contributed by atoms with E-state index in [1.807, 2.05) is 68.5 Å². The molecule has 0 aliphatic carbocycles. The summed E-state index contributed by atoms with van der Waals surface area (Å²) < 4.78 is 6.70. The normalized spacial score (nSPS) is 26.3. The van der Waals surface area contributed by atoms with Gasteiger partial charge in [-0.05, 0) is 36.9 Å². The molecule has 2 fully saturated rings. The molecule has 0 radical (unpaired) electrons. The smallest absolute Gasteiger partial charge is 0.264 e. The molecule has 2 aromatic carbocycles. The van der Waals surface area contributed by atoms with Crippen molar-refractivity contribution in [3.63, 3.8) is 0 Å². The van der Waals surface area contributed by atoms with Crippen LogP contribution >= 0.6 is 0 Å². The first-order chi connectivity index (χ1) is 18.5. The third kappa shape index (κ3) is 4.59. The fourth-order valence-electron chi connectivity index (χ4n) is 6.64. The summed E-state index contributed by atoms with van der Waals surface area (Å²) in [5, 5.41) is 9.67. The molecule has 0 bridgehead atoms. The Kier molecular flexibility index (Phi) is 7.17. The lowest BCUT2D eigenvalue weighted by molar-refractivity contribution is -0.149. The van der Waals surface area contributed by atoms with E-state index in [1.165, 1.54) is 0 Å². The Morgan fingerprint density at radius 1 is 1.18 bits per heavy atom. The van der Waals surface area contributed by atoms with Crippen LogP contribution in [0.4, 0.5) is 11.4 Å². The molecule has 2 N–H and O–H groups in total. The molecule has 3 aliphatic rings. The number of anilines is 2. The predicted molar refractivity (Wildman–Crippen MR) is 150 cm³/mol. The van der Waals surface area contributed by atoms with E-state index < -0.39 is 31.5 Å². The second kappa shape index (κ2) is 10.2. The van der Waals surface area contributed by atoms with E-state index >= 15 is 0 Å². The Morgan fingerprint density at radius 3 is 2.49 bits per heavy atom. The lowest BCUT2D eigenvalue weighted by atomic mass is 9.82. The van der Waals surface area contributed by atoms with Crippen molar-refractivity contribution in [2.24, 2.45) is 5.92 Å². The Bertz CT molecular complexity index is 1280. The second-order valence-corrected chi connectivity index (χ2v) is 15.4. The number of likely N-dealkylation sites (N-methyl/N-ethyl adjacent to an activating group) is 1. The molecule has 2 saturated heterocycles. The molecule has 3 amide bonds. The van der Waals surface area contributed by atoms with Crippen LogP contribution in [0.15, 0.2) is 48.5 Å². The summed E-state index contributed by atoms with van der Waals surface area (Å²) in [5.41, 5.74) is 1.29. The van der Waals surface area contributed by atoms with Gasteiger partial charge in [0.15, 0.2) is 13.9 Å². The standard InChI is InChI=1S/C29H37N3O6Si/c1-19-27(39(3,4)37)24(17-26(35)31(14-15-33)18-20-8-6-5-7-9-20)38-29(19)22-16-21(32-13-12-25(32)34)10-11-23(22)30(2)28(29)36/h5-11,16,19,24,27,33,37H,12-15,17-18H2,1-4H3/t19-,24+,27-,29+/m0/s1. The largest absolute Gasteiger partial charge is 0.432 e. The SMILES string of the molecule is C[C@H]1[C@H]([Si](C)(C)O)[C@@H](CC(=O)N(CCO)Cc2ccccc2)O[C@]12C(=O)N(C)c1ccc(N3CCC3=O)cc12. The first kappa shape index (κ1) is 27.5. The zero-order valence-electron chi connectivity index (χ0n) is 23.0. The van der Waals surface area contributed by atoms with Gasteiger partial charge in [0.25, 0.3) is 5.91 Å². The number of rotatable bonds is 8. The van der Waals surface area contributed by atoms with Crippen LogP contribution in [-0.4, -0.2) is 73.7 Å². The topological polar surface area (TPSA) is 111 Å². The van der Waals surface area contributed by atoms with Crippen LogP contribution < -0.4 is 9.80 Å². The molecule has 0 aromatic heterocycles. The van der Waals surface area contributed by atoms with Crippen LogP contribution in [0.3, 0.4) is 0 Å². The number of benzene rings is 2. The van der Waals surface area contributed by atoms with Gasteiger partial charge in [-0.25, -0.2) is 0 Å². The zero-order valence-corrected chi connectivity index (χ0v) is 24.0. The van der Waals surface area contributed by atoms with E-state index in [0.717, 1.165) is 11.3 Å². The number of amides is 3. The number of aliphatic hydroxyl groups excluding tert-OH is 1. The van der Waals surface area contributed by atoms with Crippen molar-refractivity contribution in [3.8, 4) is 0 Å². The fraction of sp³-hybridized carbons (Fsp3) is 0.483. The highest BCUT2D eigenvalue weighted by atomic mass is 28.4. The first-order valence-electron chi connectivity index (χ1n) is 13.5. The summed E-state index contributed by atoms with van der Waals surface area (Å²) in [5.74, 6) is -0.799. The number of carbonyl (C=O) groups excluding carboxylic acids is 3. The van der Waals surface area contributed by atoms with E-state index in [4.69, 9.17) is 4.74 Å². The molecule has 39 heavy (non-hydrogen) atoms. The summed E-state index contributed by atoms with van der Waals surface area (Å²) in [6.45, 7) is 6.54. The summed E-state index contributed by atoms with van der Waals surface area (Å²) >= 11 is 0. The highest BCUT2D eigenvalue weighted by Crippen LogP contribution is 2.59. The maximum Gasteiger partial charge on any atom is 0.264 e. The minimum atomic E-state index is -2.93. The highest BCUT2D eigenvalue weighted by Gasteiger charge is 2.66. The van der Waals surface area contributed by atoms with E-state index in [-0.39, 0.29) is 37.3 Å². The maximum absolute atomic E-state index is 13.9. The van der Waals surface area contributed by atoms with Crippen molar-refractivity contribution in [1.29, 1.82) is 0 Å². The van der Waals surface area contributed by atoms with Gasteiger partial charge in [0, 0.05) is 55.8 Å². The van der Waals surface area contributed by atoms with Gasteiger partial charge >= 0.3 is 0 Å². The van der Waals surface area contributed by atoms with Crippen molar-refractivity contribution < 1.29 is 29.0 Å². The van der Waals surface area contributed by atoms with Crippen molar-refractivity contribution in [3.05, 3.63) is 59.7 Å². The van der Waals surface area contributed by atoms with Crippen molar-refractivity contribution in [1.82, 2.24) is 4.90 Å². The summed E-state index contributed by atoms with van der Waals surface area (Å²) in [7, 11) is -1.23. The van der Waals surface area contributed by atoms with Crippen LogP contribution in [-0.2, 0) is 31.3 Å². The van der Waals surface area contributed by atoms with Gasteiger partial charge in [0.05, 0.1) is 24.8 Å². The van der Waals surface area contributed by atoms with E-state index in [9.17, 15) is 24.3 Å². The molecule has 0 unspecified atom stereocenters. The van der Waals surface area contributed by atoms with Gasteiger partial charge in [-0.2, -0.15) is 0 Å². The zero-order chi connectivity index (χ0) is 28.1. The Balaban J connectivity index is 1.49. The Morgan fingerprint density at radius 2 is 1.90 bits per heavy atom. The molecule has 4 atom stereocenters. The van der Waals surface area contributed by atoms with Gasteiger partial charge in [-0.15, -0.1) is 0 Å². The molecule has 3 aliphatic heterocycles. The quantitative estimate of drug-likeness (QED) is 0.386. The molecule has 5 rings (SSSR count). The highest BCUT2D eigenvalue weighted by molar-refractivity contribution is 6.71. The van der Waals surface area contributed by atoms with Gasteiger partial charge in [0.1, 0.15) is 0 Å². The van der Waals surface area contributed by atoms with E-state index in [1.54, 1.807) is 21.7 Å².